The standard InChI is InChI=1S/C11H18N4OS.ClH/c1-2-10-14-15-11(17-10)13-9(16)4-3-8-5-6-12-7-8;/h8,12H,2-7H2,1H3,(H,13,15,16);1H. The number of aromatic nitrogens is 2. The Morgan fingerprint density at radius 1 is 1.56 bits per heavy atom. The first-order valence-corrected chi connectivity index (χ1v) is 6.92. The molecule has 1 fully saturated rings. The molecule has 5 nitrogen and oxygen atoms in total. The molecule has 1 aliphatic rings. The number of nitrogens with one attached hydrogen (secondary N) is 2. The first-order valence-electron chi connectivity index (χ1n) is 6.11. The number of halogens is 1. The third-order valence-electron chi connectivity index (χ3n) is 2.96. The Morgan fingerprint density at radius 2 is 2.39 bits per heavy atom. The van der Waals surface area contributed by atoms with Crippen molar-refractivity contribution < 1.29 is 4.79 Å². The maximum Gasteiger partial charge on any atom is 0.226 e. The lowest BCUT2D eigenvalue weighted by Crippen LogP contribution is -2.14. The van der Waals surface area contributed by atoms with E-state index in [0.717, 1.165) is 30.9 Å². The number of anilines is 1. The van der Waals surface area contributed by atoms with Gasteiger partial charge in [-0.05, 0) is 38.3 Å². The molecule has 7 heteroatoms. The second-order valence-electron chi connectivity index (χ2n) is 4.30. The topological polar surface area (TPSA) is 66.9 Å². The van der Waals surface area contributed by atoms with Gasteiger partial charge in [0.1, 0.15) is 5.01 Å². The molecule has 2 rings (SSSR count). The van der Waals surface area contributed by atoms with Crippen LogP contribution >= 0.6 is 23.7 Å². The number of nitrogens with zero attached hydrogens (tertiary/aromatic N) is 2. The molecular formula is C11H19ClN4OS. The van der Waals surface area contributed by atoms with E-state index in [9.17, 15) is 4.79 Å². The Bertz CT molecular complexity index is 379. The summed E-state index contributed by atoms with van der Waals surface area (Å²) in [6.07, 6.45) is 3.58. The Morgan fingerprint density at radius 3 is 3.00 bits per heavy atom. The Labute approximate surface area is 117 Å². The summed E-state index contributed by atoms with van der Waals surface area (Å²) in [4.78, 5) is 11.7. The molecule has 0 spiro atoms. The van der Waals surface area contributed by atoms with Crippen LogP contribution in [0.25, 0.3) is 0 Å². The largest absolute Gasteiger partial charge is 0.316 e. The van der Waals surface area contributed by atoms with Crippen LogP contribution in [0.3, 0.4) is 0 Å². The Balaban J connectivity index is 0.00000162. The normalized spacial score (nSPS) is 18.4. The quantitative estimate of drug-likeness (QED) is 0.868. The Hall–Kier alpha value is -0.720. The molecule has 102 valence electrons. The lowest BCUT2D eigenvalue weighted by Gasteiger charge is -2.06. The predicted octanol–water partition coefficient (Wildman–Crippen LogP) is 1.85. The average Bonchev–Trinajstić information content (AvgIpc) is 2.97. The van der Waals surface area contributed by atoms with Gasteiger partial charge >= 0.3 is 0 Å². The predicted molar refractivity (Wildman–Crippen MR) is 75.4 cm³/mol. The summed E-state index contributed by atoms with van der Waals surface area (Å²) in [7, 11) is 0. The van der Waals surface area contributed by atoms with Crippen molar-refractivity contribution in [2.45, 2.75) is 32.6 Å². The fourth-order valence-electron chi connectivity index (χ4n) is 1.92. The molecular weight excluding hydrogens is 272 g/mol. The molecule has 1 amide bonds. The summed E-state index contributed by atoms with van der Waals surface area (Å²) in [6, 6.07) is 0. The molecule has 2 N–H and O–H groups in total. The van der Waals surface area contributed by atoms with Crippen molar-refractivity contribution in [2.75, 3.05) is 18.4 Å². The highest BCUT2D eigenvalue weighted by atomic mass is 35.5. The maximum atomic E-state index is 11.7. The first-order chi connectivity index (χ1) is 8.28. The summed E-state index contributed by atoms with van der Waals surface area (Å²) >= 11 is 1.45. The number of carbonyl (C=O) groups excluding carboxylic acids is 1. The second kappa shape index (κ2) is 7.66. The van der Waals surface area contributed by atoms with E-state index in [0.29, 0.717) is 17.5 Å². The molecule has 1 atom stereocenters. The van der Waals surface area contributed by atoms with Gasteiger partial charge in [0, 0.05) is 6.42 Å². The van der Waals surface area contributed by atoms with Gasteiger partial charge in [0.2, 0.25) is 11.0 Å². The van der Waals surface area contributed by atoms with Crippen molar-refractivity contribution in [1.82, 2.24) is 15.5 Å². The Kier molecular flexibility index (Phi) is 6.52. The molecule has 0 bridgehead atoms. The van der Waals surface area contributed by atoms with E-state index in [1.807, 2.05) is 6.92 Å². The van der Waals surface area contributed by atoms with Crippen LogP contribution in [0.5, 0.6) is 0 Å². The fraction of sp³-hybridized carbons (Fsp3) is 0.727. The van der Waals surface area contributed by atoms with Crippen LogP contribution in [0.15, 0.2) is 0 Å². The zero-order valence-corrected chi connectivity index (χ0v) is 12.1. The van der Waals surface area contributed by atoms with E-state index in [-0.39, 0.29) is 18.3 Å². The average molecular weight is 291 g/mol. The van der Waals surface area contributed by atoms with Crippen molar-refractivity contribution in [3.63, 3.8) is 0 Å². The first kappa shape index (κ1) is 15.3. The van der Waals surface area contributed by atoms with Crippen LogP contribution in [0, 0.1) is 5.92 Å². The molecule has 18 heavy (non-hydrogen) atoms. The summed E-state index contributed by atoms with van der Waals surface area (Å²) in [5.41, 5.74) is 0. The van der Waals surface area contributed by atoms with Crippen molar-refractivity contribution in [3.05, 3.63) is 5.01 Å². The van der Waals surface area contributed by atoms with Crippen LogP contribution in [-0.4, -0.2) is 29.2 Å². The van der Waals surface area contributed by atoms with E-state index in [1.54, 1.807) is 0 Å². The van der Waals surface area contributed by atoms with Gasteiger partial charge in [-0.2, -0.15) is 0 Å². The van der Waals surface area contributed by atoms with Gasteiger partial charge in [-0.1, -0.05) is 18.3 Å². The molecule has 1 aromatic rings. The SMILES string of the molecule is CCc1nnc(NC(=O)CCC2CCNC2)s1.Cl. The third-order valence-corrected chi connectivity index (χ3v) is 3.94. The fourth-order valence-corrected chi connectivity index (χ4v) is 2.62. The summed E-state index contributed by atoms with van der Waals surface area (Å²) in [5.74, 6) is 0.706. The molecule has 0 radical (unpaired) electrons. The minimum Gasteiger partial charge on any atom is -0.316 e. The highest BCUT2D eigenvalue weighted by Crippen LogP contribution is 2.17. The van der Waals surface area contributed by atoms with Gasteiger partial charge < -0.3 is 10.6 Å². The highest BCUT2D eigenvalue weighted by Gasteiger charge is 2.16. The second-order valence-corrected chi connectivity index (χ2v) is 5.36. The number of hydrogen-bond donors (Lipinski definition) is 2. The lowest BCUT2D eigenvalue weighted by atomic mass is 10.0. The zero-order chi connectivity index (χ0) is 12.1. The van der Waals surface area contributed by atoms with Crippen LogP contribution in [0.4, 0.5) is 5.13 Å². The number of carbonyl (C=O) groups is 1. The highest BCUT2D eigenvalue weighted by molar-refractivity contribution is 7.15. The third kappa shape index (κ3) is 4.51. The van der Waals surface area contributed by atoms with E-state index >= 15 is 0 Å². The molecule has 1 aliphatic heterocycles. The van der Waals surface area contributed by atoms with Crippen molar-refractivity contribution in [2.24, 2.45) is 5.92 Å². The zero-order valence-electron chi connectivity index (χ0n) is 10.4. The number of aryl methyl sites for hydroxylation is 1. The molecule has 0 saturated carbocycles. The smallest absolute Gasteiger partial charge is 0.226 e. The van der Waals surface area contributed by atoms with Crippen LogP contribution in [-0.2, 0) is 11.2 Å². The van der Waals surface area contributed by atoms with Gasteiger partial charge in [0.25, 0.3) is 0 Å². The summed E-state index contributed by atoms with van der Waals surface area (Å²) in [5, 5.41) is 15.6. The molecule has 1 unspecified atom stereocenters. The number of rotatable bonds is 5. The number of amides is 1. The van der Waals surface area contributed by atoms with E-state index in [2.05, 4.69) is 20.8 Å². The van der Waals surface area contributed by atoms with Crippen LogP contribution < -0.4 is 10.6 Å². The van der Waals surface area contributed by atoms with Gasteiger partial charge in [-0.25, -0.2) is 0 Å². The monoisotopic (exact) mass is 290 g/mol. The minimum absolute atomic E-state index is 0. The van der Waals surface area contributed by atoms with Crippen molar-refractivity contribution >= 4 is 34.8 Å². The lowest BCUT2D eigenvalue weighted by molar-refractivity contribution is -0.116. The van der Waals surface area contributed by atoms with E-state index < -0.39 is 0 Å². The molecule has 0 aliphatic carbocycles. The van der Waals surface area contributed by atoms with Crippen molar-refractivity contribution in [3.8, 4) is 0 Å². The van der Waals surface area contributed by atoms with E-state index in [4.69, 9.17) is 0 Å². The molecule has 1 aromatic heterocycles. The summed E-state index contributed by atoms with van der Waals surface area (Å²) in [6.45, 7) is 4.16. The summed E-state index contributed by atoms with van der Waals surface area (Å²) < 4.78 is 0. The van der Waals surface area contributed by atoms with Gasteiger partial charge in [0.05, 0.1) is 0 Å². The van der Waals surface area contributed by atoms with Crippen LogP contribution in [0.2, 0.25) is 0 Å². The number of hydrogen-bond acceptors (Lipinski definition) is 5. The molecule has 0 aromatic carbocycles. The van der Waals surface area contributed by atoms with Gasteiger partial charge in [0.15, 0.2) is 0 Å². The minimum atomic E-state index is 0. The van der Waals surface area contributed by atoms with Crippen LogP contribution in [0.1, 0.15) is 31.2 Å². The molecule has 1 saturated heterocycles. The van der Waals surface area contributed by atoms with Gasteiger partial charge in [-0.15, -0.1) is 22.6 Å². The van der Waals surface area contributed by atoms with Crippen molar-refractivity contribution in [1.29, 1.82) is 0 Å². The van der Waals surface area contributed by atoms with Gasteiger partial charge in [-0.3, -0.25) is 4.79 Å². The molecule has 2 heterocycles. The van der Waals surface area contributed by atoms with E-state index in [1.165, 1.54) is 17.8 Å². The maximum absolute atomic E-state index is 11.7.